The van der Waals surface area contributed by atoms with Gasteiger partial charge in [0, 0.05) is 34.1 Å². The summed E-state index contributed by atoms with van der Waals surface area (Å²) in [7, 11) is 0. The third-order valence-corrected chi connectivity index (χ3v) is 5.73. The van der Waals surface area contributed by atoms with Crippen LogP contribution in [0.3, 0.4) is 0 Å². The van der Waals surface area contributed by atoms with Crippen molar-refractivity contribution in [2.45, 2.75) is 19.6 Å². The summed E-state index contributed by atoms with van der Waals surface area (Å²) in [4.78, 5) is 15.1. The van der Waals surface area contributed by atoms with Gasteiger partial charge in [0.05, 0.1) is 12.1 Å². The first-order valence-electron chi connectivity index (χ1n) is 9.33. The van der Waals surface area contributed by atoms with E-state index >= 15 is 0 Å². The summed E-state index contributed by atoms with van der Waals surface area (Å²) < 4.78 is 21.8. The Kier molecular flexibility index (Phi) is 5.74. The Morgan fingerprint density at radius 3 is 2.80 bits per heavy atom. The van der Waals surface area contributed by atoms with E-state index in [1.165, 1.54) is 11.3 Å². The SMILES string of the molecule is NCc1nccc(-c2cc(COc3ccccc3CC(=O)O)cc3ccsc23)c1F. The van der Waals surface area contributed by atoms with Crippen LogP contribution in [0.25, 0.3) is 21.2 Å². The molecule has 2 aromatic heterocycles. The molecule has 152 valence electrons. The van der Waals surface area contributed by atoms with Crippen LogP contribution < -0.4 is 10.5 Å². The van der Waals surface area contributed by atoms with E-state index in [1.807, 2.05) is 23.6 Å². The van der Waals surface area contributed by atoms with E-state index in [4.69, 9.17) is 15.6 Å². The predicted molar refractivity (Wildman–Crippen MR) is 115 cm³/mol. The summed E-state index contributed by atoms with van der Waals surface area (Å²) in [6.45, 7) is 0.252. The molecule has 3 N–H and O–H groups in total. The number of carbonyl (C=O) groups is 1. The lowest BCUT2D eigenvalue weighted by Crippen LogP contribution is -2.05. The van der Waals surface area contributed by atoms with Crippen molar-refractivity contribution in [1.82, 2.24) is 4.98 Å². The highest BCUT2D eigenvalue weighted by Gasteiger charge is 2.15. The Hall–Kier alpha value is -3.29. The number of thiophene rings is 1. The monoisotopic (exact) mass is 422 g/mol. The first kappa shape index (κ1) is 20.0. The van der Waals surface area contributed by atoms with E-state index in [-0.39, 0.29) is 25.3 Å². The lowest BCUT2D eigenvalue weighted by Gasteiger charge is -2.13. The quantitative estimate of drug-likeness (QED) is 0.448. The third-order valence-electron chi connectivity index (χ3n) is 4.76. The van der Waals surface area contributed by atoms with Crippen molar-refractivity contribution < 1.29 is 19.0 Å². The van der Waals surface area contributed by atoms with Gasteiger partial charge in [-0.05, 0) is 46.7 Å². The molecule has 7 heteroatoms. The fraction of sp³-hybridized carbons (Fsp3) is 0.130. The Labute approximate surface area is 176 Å². The van der Waals surface area contributed by atoms with Crippen LogP contribution in [-0.2, 0) is 24.4 Å². The van der Waals surface area contributed by atoms with Crippen molar-refractivity contribution in [2.75, 3.05) is 0 Å². The minimum Gasteiger partial charge on any atom is -0.489 e. The molecule has 5 nitrogen and oxygen atoms in total. The average molecular weight is 422 g/mol. The largest absolute Gasteiger partial charge is 0.489 e. The maximum absolute atomic E-state index is 14.9. The maximum Gasteiger partial charge on any atom is 0.307 e. The number of pyridine rings is 1. The topological polar surface area (TPSA) is 85.4 Å². The number of halogens is 1. The van der Waals surface area contributed by atoms with Gasteiger partial charge in [0.1, 0.15) is 12.4 Å². The molecule has 4 aromatic rings. The van der Waals surface area contributed by atoms with Crippen molar-refractivity contribution in [3.8, 4) is 16.9 Å². The number of aromatic nitrogens is 1. The van der Waals surface area contributed by atoms with Gasteiger partial charge in [-0.25, -0.2) is 4.39 Å². The highest BCUT2D eigenvalue weighted by molar-refractivity contribution is 7.17. The molecule has 4 rings (SSSR count). The number of para-hydroxylation sites is 1. The highest BCUT2D eigenvalue weighted by Crippen LogP contribution is 2.36. The number of fused-ring (bicyclic) bond motifs is 1. The fourth-order valence-electron chi connectivity index (χ4n) is 3.38. The first-order valence-corrected chi connectivity index (χ1v) is 10.2. The van der Waals surface area contributed by atoms with Gasteiger partial charge in [-0.2, -0.15) is 0 Å². The molecule has 0 atom stereocenters. The van der Waals surface area contributed by atoms with E-state index in [2.05, 4.69) is 4.98 Å². The number of nitrogens with two attached hydrogens (primary N) is 1. The van der Waals surface area contributed by atoms with E-state index in [9.17, 15) is 9.18 Å². The molecule has 2 heterocycles. The number of hydrogen-bond acceptors (Lipinski definition) is 5. The minimum atomic E-state index is -0.920. The molecule has 30 heavy (non-hydrogen) atoms. The fourth-order valence-corrected chi connectivity index (χ4v) is 4.29. The Bertz CT molecular complexity index is 1220. The molecule has 0 aliphatic carbocycles. The number of ether oxygens (including phenoxy) is 1. The van der Waals surface area contributed by atoms with Crippen LogP contribution >= 0.6 is 11.3 Å². The average Bonchev–Trinajstić information content (AvgIpc) is 3.21. The highest BCUT2D eigenvalue weighted by atomic mass is 32.1. The molecule has 0 aliphatic rings. The molecular formula is C23H19FN2O3S. The second-order valence-corrected chi connectivity index (χ2v) is 7.69. The van der Waals surface area contributed by atoms with Gasteiger partial charge in [0.25, 0.3) is 0 Å². The number of benzene rings is 2. The van der Waals surface area contributed by atoms with E-state index < -0.39 is 11.8 Å². The van der Waals surface area contributed by atoms with Gasteiger partial charge in [0.15, 0.2) is 5.82 Å². The van der Waals surface area contributed by atoms with Crippen LogP contribution in [0.2, 0.25) is 0 Å². The molecule has 0 saturated heterocycles. The second kappa shape index (κ2) is 8.61. The summed E-state index contributed by atoms with van der Waals surface area (Å²) >= 11 is 1.54. The zero-order chi connectivity index (χ0) is 21.1. The van der Waals surface area contributed by atoms with Gasteiger partial charge in [0.2, 0.25) is 0 Å². The predicted octanol–water partition coefficient (Wildman–Crippen LogP) is 4.77. The zero-order valence-electron chi connectivity index (χ0n) is 16.0. The minimum absolute atomic E-state index is 0.0242. The van der Waals surface area contributed by atoms with Gasteiger partial charge in [-0.15, -0.1) is 11.3 Å². The zero-order valence-corrected chi connectivity index (χ0v) is 16.8. The van der Waals surface area contributed by atoms with Crippen molar-refractivity contribution in [1.29, 1.82) is 0 Å². The number of carboxylic acid groups (broad SMARTS) is 1. The lowest BCUT2D eigenvalue weighted by molar-refractivity contribution is -0.136. The smallest absolute Gasteiger partial charge is 0.307 e. The molecular weight excluding hydrogens is 403 g/mol. The van der Waals surface area contributed by atoms with Crippen LogP contribution in [0.5, 0.6) is 5.75 Å². The summed E-state index contributed by atoms with van der Waals surface area (Å²) in [5, 5.41) is 12.0. The van der Waals surface area contributed by atoms with Crippen LogP contribution in [0, 0.1) is 5.82 Å². The standard InChI is InChI=1S/C23H19FN2O3S/c24-22-17(5-7-26-19(22)12-25)18-10-14(9-16-6-8-30-23(16)18)13-29-20-4-2-1-3-15(20)11-21(27)28/h1-10H,11-13,25H2,(H,27,28). The van der Waals surface area contributed by atoms with Crippen molar-refractivity contribution in [3.05, 3.63) is 82.7 Å². The van der Waals surface area contributed by atoms with Crippen molar-refractivity contribution in [2.24, 2.45) is 5.73 Å². The van der Waals surface area contributed by atoms with Gasteiger partial charge >= 0.3 is 5.97 Å². The van der Waals surface area contributed by atoms with Crippen molar-refractivity contribution in [3.63, 3.8) is 0 Å². The normalized spacial score (nSPS) is 11.0. The summed E-state index contributed by atoms with van der Waals surface area (Å²) in [5.41, 5.74) is 8.51. The van der Waals surface area contributed by atoms with Crippen LogP contribution in [0.1, 0.15) is 16.8 Å². The number of hydrogen-bond donors (Lipinski definition) is 2. The Morgan fingerprint density at radius 1 is 1.17 bits per heavy atom. The van der Waals surface area contributed by atoms with Gasteiger partial charge < -0.3 is 15.6 Å². The molecule has 2 aromatic carbocycles. The van der Waals surface area contributed by atoms with Gasteiger partial charge in [-0.1, -0.05) is 18.2 Å². The summed E-state index contributed by atoms with van der Waals surface area (Å²) in [5.74, 6) is -0.816. The second-order valence-electron chi connectivity index (χ2n) is 6.77. The maximum atomic E-state index is 14.9. The number of carboxylic acids is 1. The van der Waals surface area contributed by atoms with E-state index in [1.54, 1.807) is 36.5 Å². The molecule has 0 amide bonds. The van der Waals surface area contributed by atoms with Crippen LogP contribution in [-0.4, -0.2) is 16.1 Å². The molecule has 0 unspecified atom stereocenters. The van der Waals surface area contributed by atoms with Crippen LogP contribution in [0.4, 0.5) is 4.39 Å². The molecule has 0 spiro atoms. The Morgan fingerprint density at radius 2 is 2.00 bits per heavy atom. The number of nitrogens with zero attached hydrogens (tertiary/aromatic N) is 1. The van der Waals surface area contributed by atoms with E-state index in [0.717, 1.165) is 21.2 Å². The van der Waals surface area contributed by atoms with Gasteiger partial charge in [-0.3, -0.25) is 9.78 Å². The third kappa shape index (κ3) is 4.03. The molecule has 0 bridgehead atoms. The summed E-state index contributed by atoms with van der Waals surface area (Å²) in [6.07, 6.45) is 1.44. The molecule has 0 saturated carbocycles. The van der Waals surface area contributed by atoms with E-state index in [0.29, 0.717) is 16.9 Å². The molecule has 0 aliphatic heterocycles. The number of aliphatic carboxylic acids is 1. The lowest BCUT2D eigenvalue weighted by atomic mass is 10.0. The summed E-state index contributed by atoms with van der Waals surface area (Å²) in [6, 6.07) is 14.6. The number of rotatable bonds is 7. The van der Waals surface area contributed by atoms with Crippen LogP contribution in [0.15, 0.2) is 60.1 Å². The first-order chi connectivity index (χ1) is 14.6. The molecule has 0 radical (unpaired) electrons. The molecule has 0 fully saturated rings. The Balaban J connectivity index is 1.70. The van der Waals surface area contributed by atoms with Crippen molar-refractivity contribution >= 4 is 27.4 Å².